The Bertz CT molecular complexity index is 640. The molecule has 2 fully saturated rings. The van der Waals surface area contributed by atoms with Gasteiger partial charge < -0.3 is 9.31 Å². The Morgan fingerprint density at radius 3 is 2.50 bits per heavy atom. The molecule has 2 saturated heterocycles. The molecule has 1 aromatic rings. The summed E-state index contributed by atoms with van der Waals surface area (Å²) < 4.78 is 12.2. The van der Waals surface area contributed by atoms with Gasteiger partial charge in [0.15, 0.2) is 0 Å². The van der Waals surface area contributed by atoms with Crippen LogP contribution in [-0.4, -0.2) is 33.8 Å². The molecule has 2 unspecified atom stereocenters. The Labute approximate surface area is 149 Å². The van der Waals surface area contributed by atoms with Gasteiger partial charge in [-0.2, -0.15) is 11.8 Å². The number of thioether (sulfide) groups is 1. The summed E-state index contributed by atoms with van der Waals surface area (Å²) >= 11 is 2.15. The largest absolute Gasteiger partial charge is 0.496 e. The number of hydrogen-bond acceptors (Lipinski definition) is 4. The van der Waals surface area contributed by atoms with E-state index >= 15 is 0 Å². The fourth-order valence-electron chi connectivity index (χ4n) is 3.64. The van der Waals surface area contributed by atoms with Crippen molar-refractivity contribution in [3.63, 3.8) is 0 Å². The first-order valence-electron chi connectivity index (χ1n) is 9.02. The fourth-order valence-corrected chi connectivity index (χ4v) is 5.26. The number of pyridine rings is 1. The second-order valence-corrected chi connectivity index (χ2v) is 9.73. The van der Waals surface area contributed by atoms with E-state index in [0.29, 0.717) is 5.25 Å². The number of rotatable bonds is 2. The second-order valence-electron chi connectivity index (χ2n) is 8.19. The number of fused-ring (bicyclic) bond motifs is 2. The van der Waals surface area contributed by atoms with Gasteiger partial charge in [-0.25, -0.2) is 0 Å². The molecule has 1 aromatic heterocycles. The van der Waals surface area contributed by atoms with Crippen molar-refractivity contribution in [2.24, 2.45) is 0 Å². The summed E-state index contributed by atoms with van der Waals surface area (Å²) in [6.07, 6.45) is 9.57. The number of aromatic nitrogens is 1. The molecule has 5 heteroatoms. The van der Waals surface area contributed by atoms with Gasteiger partial charge in [0, 0.05) is 22.2 Å². The monoisotopic (exact) mass is 343 g/mol. The lowest BCUT2D eigenvalue weighted by Gasteiger charge is -2.32. The van der Waals surface area contributed by atoms with Crippen LogP contribution in [0.4, 0.5) is 0 Å². The summed E-state index contributed by atoms with van der Waals surface area (Å²) in [4.78, 5) is 4.73. The first kappa shape index (κ1) is 16.7. The van der Waals surface area contributed by atoms with Crippen molar-refractivity contribution in [2.75, 3.05) is 0 Å². The fraction of sp³-hybridized carbons (Fsp3) is 0.632. The molecule has 0 N–H and O–H groups in total. The van der Waals surface area contributed by atoms with E-state index in [9.17, 15) is 0 Å². The molecule has 4 heterocycles. The molecule has 128 valence electrons. The molecule has 2 atom stereocenters. The Balaban J connectivity index is 1.53. The molecule has 3 aliphatic rings. The highest BCUT2D eigenvalue weighted by atomic mass is 32.2. The molecule has 0 radical (unpaired) electrons. The minimum atomic E-state index is -0.327. The topological polar surface area (TPSA) is 31.4 Å². The van der Waals surface area contributed by atoms with E-state index in [1.54, 1.807) is 0 Å². The van der Waals surface area contributed by atoms with Crippen molar-refractivity contribution in [1.29, 1.82) is 0 Å². The molecule has 3 aliphatic heterocycles. The van der Waals surface area contributed by atoms with Crippen LogP contribution in [0.15, 0.2) is 24.4 Å². The van der Waals surface area contributed by atoms with Crippen LogP contribution < -0.4 is 5.46 Å². The third-order valence-corrected chi connectivity index (χ3v) is 7.37. The molecule has 0 aliphatic carbocycles. The molecule has 0 saturated carbocycles. The predicted molar refractivity (Wildman–Crippen MR) is 102 cm³/mol. The van der Waals surface area contributed by atoms with Gasteiger partial charge in [0.05, 0.1) is 16.9 Å². The zero-order valence-corrected chi connectivity index (χ0v) is 15.9. The van der Waals surface area contributed by atoms with Gasteiger partial charge in [-0.05, 0) is 58.6 Å². The highest BCUT2D eigenvalue weighted by Gasteiger charge is 2.51. The minimum Gasteiger partial charge on any atom is -0.399 e. The van der Waals surface area contributed by atoms with Crippen LogP contribution in [0.5, 0.6) is 0 Å². The molecule has 0 spiro atoms. The Kier molecular flexibility index (Phi) is 4.09. The van der Waals surface area contributed by atoms with Gasteiger partial charge in [-0.15, -0.1) is 0 Å². The zero-order valence-electron chi connectivity index (χ0n) is 15.0. The van der Waals surface area contributed by atoms with Gasteiger partial charge in [-0.3, -0.25) is 4.98 Å². The highest BCUT2D eigenvalue weighted by molar-refractivity contribution is 8.00. The first-order chi connectivity index (χ1) is 11.3. The van der Waals surface area contributed by atoms with E-state index in [1.165, 1.54) is 24.8 Å². The summed E-state index contributed by atoms with van der Waals surface area (Å²) in [5, 5.41) is 1.48. The SMILES string of the molecule is CC1(C)OB(c2ccc(C3=CC4CCCC(C3)S4)nc2)OC1(C)C. The highest BCUT2D eigenvalue weighted by Crippen LogP contribution is 2.43. The van der Waals surface area contributed by atoms with Crippen LogP contribution >= 0.6 is 11.8 Å². The summed E-state index contributed by atoms with van der Waals surface area (Å²) in [6.45, 7) is 8.33. The van der Waals surface area contributed by atoms with Gasteiger partial charge in [0.2, 0.25) is 0 Å². The van der Waals surface area contributed by atoms with E-state index in [4.69, 9.17) is 14.3 Å². The lowest BCUT2D eigenvalue weighted by atomic mass is 9.80. The van der Waals surface area contributed by atoms with Crippen LogP contribution in [0, 0.1) is 0 Å². The quantitative estimate of drug-likeness (QED) is 0.764. The van der Waals surface area contributed by atoms with E-state index in [-0.39, 0.29) is 18.3 Å². The van der Waals surface area contributed by atoms with E-state index < -0.39 is 0 Å². The Morgan fingerprint density at radius 2 is 1.88 bits per heavy atom. The van der Waals surface area contributed by atoms with E-state index in [0.717, 1.165) is 22.8 Å². The van der Waals surface area contributed by atoms with Gasteiger partial charge in [0.1, 0.15) is 0 Å². The number of hydrogen-bond donors (Lipinski definition) is 0. The summed E-state index contributed by atoms with van der Waals surface area (Å²) in [6, 6.07) is 4.25. The Hall–Kier alpha value is -0.775. The van der Waals surface area contributed by atoms with Gasteiger partial charge in [-0.1, -0.05) is 18.6 Å². The van der Waals surface area contributed by atoms with Crippen molar-refractivity contribution >= 4 is 29.9 Å². The van der Waals surface area contributed by atoms with Crippen molar-refractivity contribution < 1.29 is 9.31 Å². The van der Waals surface area contributed by atoms with Crippen molar-refractivity contribution in [1.82, 2.24) is 4.98 Å². The van der Waals surface area contributed by atoms with Crippen LogP contribution in [-0.2, 0) is 9.31 Å². The van der Waals surface area contributed by atoms with Crippen molar-refractivity contribution in [3.8, 4) is 0 Å². The average Bonchev–Trinajstić information content (AvgIpc) is 2.75. The first-order valence-corrected chi connectivity index (χ1v) is 9.96. The maximum absolute atomic E-state index is 6.12. The number of allylic oxidation sites excluding steroid dienone is 1. The minimum absolute atomic E-state index is 0.309. The average molecular weight is 343 g/mol. The standard InChI is InChI=1S/C19H26BNO2S/c1-18(2)19(3,4)23-20(22-18)14-8-9-17(21-12-14)13-10-15-6-5-7-16(11-13)24-15/h8-10,12,15-16H,5-7,11H2,1-4H3. The third-order valence-electron chi connectivity index (χ3n) is 5.86. The molecule has 3 nitrogen and oxygen atoms in total. The zero-order chi connectivity index (χ0) is 16.9. The van der Waals surface area contributed by atoms with Crippen molar-refractivity contribution in [3.05, 3.63) is 30.1 Å². The van der Waals surface area contributed by atoms with Crippen LogP contribution in [0.2, 0.25) is 0 Å². The molecule has 2 bridgehead atoms. The second kappa shape index (κ2) is 5.89. The summed E-state index contributed by atoms with van der Waals surface area (Å²) in [5.41, 5.74) is 2.92. The maximum Gasteiger partial charge on any atom is 0.496 e. The smallest absolute Gasteiger partial charge is 0.399 e. The maximum atomic E-state index is 6.12. The molecule has 0 aromatic carbocycles. The van der Waals surface area contributed by atoms with E-state index in [2.05, 4.69) is 57.7 Å². The molecular weight excluding hydrogens is 317 g/mol. The normalized spacial score (nSPS) is 31.0. The van der Waals surface area contributed by atoms with Gasteiger partial charge >= 0.3 is 7.12 Å². The van der Waals surface area contributed by atoms with Crippen LogP contribution in [0.25, 0.3) is 5.57 Å². The third kappa shape index (κ3) is 2.95. The Morgan fingerprint density at radius 1 is 1.12 bits per heavy atom. The van der Waals surface area contributed by atoms with Crippen LogP contribution in [0.1, 0.15) is 59.1 Å². The van der Waals surface area contributed by atoms with Crippen molar-refractivity contribution in [2.45, 2.75) is 75.1 Å². The molecule has 24 heavy (non-hydrogen) atoms. The predicted octanol–water partition coefficient (Wildman–Crippen LogP) is 3.82. The van der Waals surface area contributed by atoms with Gasteiger partial charge in [0.25, 0.3) is 0 Å². The summed E-state index contributed by atoms with van der Waals surface area (Å²) in [7, 11) is -0.327. The molecule has 4 rings (SSSR count). The lowest BCUT2D eigenvalue weighted by molar-refractivity contribution is 0.00578. The van der Waals surface area contributed by atoms with Crippen LogP contribution in [0.3, 0.4) is 0 Å². The molecular formula is C19H26BNO2S. The lowest BCUT2D eigenvalue weighted by Crippen LogP contribution is -2.41. The molecule has 0 amide bonds. The number of nitrogens with zero attached hydrogens (tertiary/aromatic N) is 1. The summed E-state index contributed by atoms with van der Waals surface area (Å²) in [5.74, 6) is 0. The van der Waals surface area contributed by atoms with E-state index in [1.807, 2.05) is 6.20 Å².